The lowest BCUT2D eigenvalue weighted by atomic mass is 10.1. The molecule has 5 nitrogen and oxygen atoms in total. The summed E-state index contributed by atoms with van der Waals surface area (Å²) in [5.41, 5.74) is 3.83. The summed E-state index contributed by atoms with van der Waals surface area (Å²) in [6, 6.07) is 4.68. The zero-order valence-electron chi connectivity index (χ0n) is 11.6. The van der Waals surface area contributed by atoms with Crippen LogP contribution in [0.2, 0.25) is 0 Å². The Morgan fingerprint density at radius 2 is 2.05 bits per heavy atom. The zero-order valence-corrected chi connectivity index (χ0v) is 11.6. The predicted molar refractivity (Wildman–Crippen MR) is 75.1 cm³/mol. The van der Waals surface area contributed by atoms with Crippen molar-refractivity contribution in [3.05, 3.63) is 41.5 Å². The minimum atomic E-state index is -0.320. The van der Waals surface area contributed by atoms with Gasteiger partial charge in [-0.2, -0.15) is 0 Å². The summed E-state index contributed by atoms with van der Waals surface area (Å²) in [5, 5.41) is 0. The van der Waals surface area contributed by atoms with E-state index < -0.39 is 0 Å². The standard InChI is InChI=1S/C14H17FN4O/c1-8(2)12-13(19-16)17-7-18-14(12)20-10-5-4-9(3)11(15)6-10/h4-8H,16H2,1-3H3,(H,17,18,19). The van der Waals surface area contributed by atoms with Crippen LogP contribution in [0, 0.1) is 12.7 Å². The van der Waals surface area contributed by atoms with Gasteiger partial charge in [0.1, 0.15) is 17.9 Å². The summed E-state index contributed by atoms with van der Waals surface area (Å²) >= 11 is 0. The smallest absolute Gasteiger partial charge is 0.227 e. The number of halogens is 1. The summed E-state index contributed by atoms with van der Waals surface area (Å²) in [4.78, 5) is 8.16. The van der Waals surface area contributed by atoms with E-state index in [0.29, 0.717) is 23.0 Å². The largest absolute Gasteiger partial charge is 0.438 e. The van der Waals surface area contributed by atoms with Crippen LogP contribution >= 0.6 is 0 Å². The quantitative estimate of drug-likeness (QED) is 0.663. The second-order valence-electron chi connectivity index (χ2n) is 4.75. The van der Waals surface area contributed by atoms with Gasteiger partial charge in [-0.25, -0.2) is 20.2 Å². The molecule has 0 atom stereocenters. The van der Waals surface area contributed by atoms with Crippen LogP contribution in [0.1, 0.15) is 30.9 Å². The SMILES string of the molecule is Cc1ccc(Oc2ncnc(NN)c2C(C)C)cc1F. The van der Waals surface area contributed by atoms with E-state index in [1.807, 2.05) is 13.8 Å². The third-order valence-electron chi connectivity index (χ3n) is 2.92. The monoisotopic (exact) mass is 276 g/mol. The Kier molecular flexibility index (Phi) is 4.14. The Balaban J connectivity index is 2.40. The number of nitrogen functional groups attached to an aromatic ring is 1. The van der Waals surface area contributed by atoms with E-state index in [4.69, 9.17) is 10.6 Å². The van der Waals surface area contributed by atoms with Crippen molar-refractivity contribution in [2.24, 2.45) is 5.84 Å². The number of nitrogens with two attached hydrogens (primary N) is 1. The van der Waals surface area contributed by atoms with E-state index in [2.05, 4.69) is 15.4 Å². The maximum Gasteiger partial charge on any atom is 0.227 e. The third-order valence-corrected chi connectivity index (χ3v) is 2.92. The topological polar surface area (TPSA) is 73.1 Å². The Morgan fingerprint density at radius 3 is 2.65 bits per heavy atom. The van der Waals surface area contributed by atoms with Crippen LogP contribution in [-0.4, -0.2) is 9.97 Å². The lowest BCUT2D eigenvalue weighted by Crippen LogP contribution is -2.13. The van der Waals surface area contributed by atoms with Crippen molar-refractivity contribution in [3.8, 4) is 11.6 Å². The Morgan fingerprint density at radius 1 is 1.30 bits per heavy atom. The summed E-state index contributed by atoms with van der Waals surface area (Å²) in [6.07, 6.45) is 1.35. The third kappa shape index (κ3) is 2.85. The van der Waals surface area contributed by atoms with Crippen LogP contribution in [0.5, 0.6) is 11.6 Å². The number of rotatable bonds is 4. The Labute approximate surface area is 117 Å². The molecule has 0 aliphatic carbocycles. The molecule has 0 spiro atoms. The van der Waals surface area contributed by atoms with Gasteiger partial charge in [-0.05, 0) is 24.5 Å². The van der Waals surface area contributed by atoms with E-state index in [1.54, 1.807) is 19.1 Å². The van der Waals surface area contributed by atoms with Crippen LogP contribution in [0.4, 0.5) is 10.2 Å². The van der Waals surface area contributed by atoms with Crippen LogP contribution in [0.25, 0.3) is 0 Å². The van der Waals surface area contributed by atoms with Crippen molar-refractivity contribution < 1.29 is 9.13 Å². The van der Waals surface area contributed by atoms with Gasteiger partial charge >= 0.3 is 0 Å². The van der Waals surface area contributed by atoms with E-state index in [1.165, 1.54) is 12.4 Å². The minimum Gasteiger partial charge on any atom is -0.438 e. The van der Waals surface area contributed by atoms with Gasteiger partial charge in [0.15, 0.2) is 5.82 Å². The van der Waals surface area contributed by atoms with Gasteiger partial charge in [-0.15, -0.1) is 0 Å². The molecule has 3 N–H and O–H groups in total. The molecule has 1 aromatic carbocycles. The van der Waals surface area contributed by atoms with E-state index >= 15 is 0 Å². The number of nitrogens with zero attached hydrogens (tertiary/aromatic N) is 2. The fourth-order valence-corrected chi connectivity index (χ4v) is 1.84. The highest BCUT2D eigenvalue weighted by molar-refractivity contribution is 5.50. The first-order chi connectivity index (χ1) is 9.52. The first-order valence-corrected chi connectivity index (χ1v) is 6.28. The van der Waals surface area contributed by atoms with Crippen LogP contribution in [-0.2, 0) is 0 Å². The normalized spacial score (nSPS) is 10.7. The number of anilines is 1. The van der Waals surface area contributed by atoms with Gasteiger partial charge in [0.25, 0.3) is 0 Å². The summed E-state index contributed by atoms with van der Waals surface area (Å²) < 4.78 is 19.2. The van der Waals surface area contributed by atoms with Crippen molar-refractivity contribution in [2.45, 2.75) is 26.7 Å². The lowest BCUT2D eigenvalue weighted by molar-refractivity contribution is 0.447. The molecule has 0 aliphatic rings. The molecule has 1 heterocycles. The average Bonchev–Trinajstić information content (AvgIpc) is 2.42. The maximum atomic E-state index is 13.5. The molecule has 0 unspecified atom stereocenters. The molecule has 0 aliphatic heterocycles. The zero-order chi connectivity index (χ0) is 14.7. The molecule has 0 saturated heterocycles. The van der Waals surface area contributed by atoms with E-state index in [9.17, 15) is 4.39 Å². The first-order valence-electron chi connectivity index (χ1n) is 6.28. The van der Waals surface area contributed by atoms with Gasteiger partial charge in [0, 0.05) is 6.07 Å². The molecule has 0 amide bonds. The second-order valence-corrected chi connectivity index (χ2v) is 4.75. The highest BCUT2D eigenvalue weighted by Gasteiger charge is 2.16. The number of hydrogen-bond donors (Lipinski definition) is 2. The highest BCUT2D eigenvalue weighted by atomic mass is 19.1. The number of benzene rings is 1. The first kappa shape index (κ1) is 14.2. The van der Waals surface area contributed by atoms with Gasteiger partial charge in [-0.1, -0.05) is 19.9 Å². The van der Waals surface area contributed by atoms with Gasteiger partial charge in [0.05, 0.1) is 5.56 Å². The number of hydrogen-bond acceptors (Lipinski definition) is 5. The van der Waals surface area contributed by atoms with Crippen LogP contribution in [0.15, 0.2) is 24.5 Å². The second kappa shape index (κ2) is 5.83. The number of ether oxygens (including phenoxy) is 1. The van der Waals surface area contributed by atoms with E-state index in [-0.39, 0.29) is 11.7 Å². The van der Waals surface area contributed by atoms with Crippen molar-refractivity contribution in [1.82, 2.24) is 9.97 Å². The van der Waals surface area contributed by atoms with Crippen molar-refractivity contribution >= 4 is 5.82 Å². The molecule has 1 aromatic heterocycles. The summed E-state index contributed by atoms with van der Waals surface area (Å²) in [5.74, 6) is 6.47. The number of aryl methyl sites for hydroxylation is 1. The molecule has 0 radical (unpaired) electrons. The number of aromatic nitrogens is 2. The molecule has 0 saturated carbocycles. The minimum absolute atomic E-state index is 0.104. The van der Waals surface area contributed by atoms with Gasteiger partial charge in [-0.3, -0.25) is 0 Å². The lowest BCUT2D eigenvalue weighted by Gasteiger charge is -2.15. The molecule has 106 valence electrons. The summed E-state index contributed by atoms with van der Waals surface area (Å²) in [6.45, 7) is 5.64. The van der Waals surface area contributed by atoms with Crippen LogP contribution < -0.4 is 16.0 Å². The fourth-order valence-electron chi connectivity index (χ4n) is 1.84. The molecular formula is C14H17FN4O. The molecule has 2 rings (SSSR count). The predicted octanol–water partition coefficient (Wildman–Crippen LogP) is 3.13. The molecule has 0 fully saturated rings. The van der Waals surface area contributed by atoms with Crippen LogP contribution in [0.3, 0.4) is 0 Å². The Hall–Kier alpha value is -2.21. The molecular weight excluding hydrogens is 259 g/mol. The number of nitrogens with one attached hydrogen (secondary N) is 1. The number of hydrazine groups is 1. The average molecular weight is 276 g/mol. The molecule has 20 heavy (non-hydrogen) atoms. The molecule has 0 bridgehead atoms. The molecule has 2 aromatic rings. The van der Waals surface area contributed by atoms with Crippen molar-refractivity contribution in [3.63, 3.8) is 0 Å². The van der Waals surface area contributed by atoms with Gasteiger partial charge in [0.2, 0.25) is 5.88 Å². The van der Waals surface area contributed by atoms with E-state index in [0.717, 1.165) is 5.56 Å². The van der Waals surface area contributed by atoms with Gasteiger partial charge < -0.3 is 10.2 Å². The highest BCUT2D eigenvalue weighted by Crippen LogP contribution is 2.32. The van der Waals surface area contributed by atoms with Crippen molar-refractivity contribution in [2.75, 3.05) is 5.43 Å². The molecule has 6 heteroatoms. The fraction of sp³-hybridized carbons (Fsp3) is 0.286. The summed E-state index contributed by atoms with van der Waals surface area (Å²) in [7, 11) is 0. The maximum absolute atomic E-state index is 13.5. The Bertz CT molecular complexity index is 616. The van der Waals surface area contributed by atoms with Crippen molar-refractivity contribution in [1.29, 1.82) is 0 Å².